The lowest BCUT2D eigenvalue weighted by Gasteiger charge is -2.27. The molecule has 1 aromatic heterocycles. The SMILES string of the molecule is CC(CNS(=O)(=O)c1cnccc1Cl)C(C)(C)C. The topological polar surface area (TPSA) is 59.1 Å². The number of hydrogen-bond acceptors (Lipinski definition) is 3. The van der Waals surface area contributed by atoms with Gasteiger partial charge in [0.05, 0.1) is 5.02 Å². The van der Waals surface area contributed by atoms with Gasteiger partial charge in [-0.3, -0.25) is 4.98 Å². The number of hydrogen-bond donors (Lipinski definition) is 1. The molecule has 0 aliphatic rings. The molecule has 0 amide bonds. The minimum atomic E-state index is -3.59. The fourth-order valence-electron chi connectivity index (χ4n) is 1.18. The molecule has 1 N–H and O–H groups in total. The van der Waals surface area contributed by atoms with E-state index in [-0.39, 0.29) is 21.3 Å². The molecular formula is C12H19ClN2O2S. The summed E-state index contributed by atoms with van der Waals surface area (Å²) >= 11 is 5.85. The van der Waals surface area contributed by atoms with Crippen molar-refractivity contribution in [3.8, 4) is 0 Å². The van der Waals surface area contributed by atoms with E-state index in [0.29, 0.717) is 6.54 Å². The Bertz CT molecular complexity index is 509. The predicted molar refractivity (Wildman–Crippen MR) is 73.1 cm³/mol. The molecule has 0 aromatic carbocycles. The molecule has 1 aromatic rings. The molecule has 102 valence electrons. The molecule has 6 heteroatoms. The van der Waals surface area contributed by atoms with Crippen LogP contribution in [0.3, 0.4) is 0 Å². The summed E-state index contributed by atoms with van der Waals surface area (Å²) in [5.74, 6) is 0.211. The van der Waals surface area contributed by atoms with Crippen LogP contribution in [0.15, 0.2) is 23.4 Å². The van der Waals surface area contributed by atoms with Gasteiger partial charge in [-0.25, -0.2) is 13.1 Å². The van der Waals surface area contributed by atoms with E-state index in [9.17, 15) is 8.42 Å². The van der Waals surface area contributed by atoms with Crippen LogP contribution >= 0.6 is 11.6 Å². The van der Waals surface area contributed by atoms with Crippen molar-refractivity contribution in [3.05, 3.63) is 23.5 Å². The molecule has 0 radical (unpaired) electrons. The van der Waals surface area contributed by atoms with Gasteiger partial charge in [-0.1, -0.05) is 39.3 Å². The smallest absolute Gasteiger partial charge is 0.243 e. The van der Waals surface area contributed by atoms with Gasteiger partial charge < -0.3 is 0 Å². The van der Waals surface area contributed by atoms with Crippen LogP contribution < -0.4 is 4.72 Å². The summed E-state index contributed by atoms with van der Waals surface area (Å²) in [6.45, 7) is 8.60. The Labute approximate surface area is 114 Å². The van der Waals surface area contributed by atoms with Gasteiger partial charge >= 0.3 is 0 Å². The summed E-state index contributed by atoms with van der Waals surface area (Å²) in [4.78, 5) is 3.81. The van der Waals surface area contributed by atoms with Crippen molar-refractivity contribution in [2.45, 2.75) is 32.6 Å². The maximum atomic E-state index is 12.0. The monoisotopic (exact) mass is 290 g/mol. The van der Waals surface area contributed by atoms with Gasteiger partial charge in [0.25, 0.3) is 0 Å². The Kier molecular flexibility index (Phi) is 4.75. The Balaban J connectivity index is 2.82. The molecule has 0 spiro atoms. The lowest BCUT2D eigenvalue weighted by atomic mass is 9.82. The van der Waals surface area contributed by atoms with Gasteiger partial charge in [0.2, 0.25) is 10.0 Å². The third-order valence-electron chi connectivity index (χ3n) is 3.08. The molecule has 0 bridgehead atoms. The van der Waals surface area contributed by atoms with Gasteiger partial charge in [-0.2, -0.15) is 0 Å². The molecular weight excluding hydrogens is 272 g/mol. The van der Waals surface area contributed by atoms with E-state index < -0.39 is 10.0 Å². The van der Waals surface area contributed by atoms with Crippen molar-refractivity contribution in [1.82, 2.24) is 9.71 Å². The largest absolute Gasteiger partial charge is 0.263 e. The van der Waals surface area contributed by atoms with Gasteiger partial charge in [0.15, 0.2) is 0 Å². The molecule has 0 saturated carbocycles. The standard InChI is InChI=1S/C12H19ClN2O2S/c1-9(12(2,3)4)7-15-18(16,17)11-8-14-6-5-10(11)13/h5-6,8-9,15H,7H2,1-4H3. The summed E-state index contributed by atoms with van der Waals surface area (Å²) in [5.41, 5.74) is 0.0429. The van der Waals surface area contributed by atoms with Gasteiger partial charge in [-0.05, 0) is 17.4 Å². The van der Waals surface area contributed by atoms with E-state index in [0.717, 1.165) is 0 Å². The maximum Gasteiger partial charge on any atom is 0.243 e. The molecule has 4 nitrogen and oxygen atoms in total. The molecule has 1 heterocycles. The van der Waals surface area contributed by atoms with E-state index in [1.807, 2.05) is 6.92 Å². The van der Waals surface area contributed by atoms with Crippen LogP contribution in [0.5, 0.6) is 0 Å². The average Bonchev–Trinajstić information content (AvgIpc) is 2.25. The molecule has 0 fully saturated rings. The van der Waals surface area contributed by atoms with E-state index in [4.69, 9.17) is 11.6 Å². The van der Waals surface area contributed by atoms with Crippen LogP contribution in [0.25, 0.3) is 0 Å². The summed E-state index contributed by atoms with van der Waals surface area (Å²) < 4.78 is 26.7. The predicted octanol–water partition coefficient (Wildman–Crippen LogP) is 2.70. The zero-order valence-corrected chi connectivity index (χ0v) is 12.6. The lowest BCUT2D eigenvalue weighted by Crippen LogP contribution is -2.33. The zero-order chi connectivity index (χ0) is 14.0. The van der Waals surface area contributed by atoms with Crippen LogP contribution in [0.1, 0.15) is 27.7 Å². The zero-order valence-electron chi connectivity index (χ0n) is 11.1. The molecule has 1 unspecified atom stereocenters. The highest BCUT2D eigenvalue weighted by Crippen LogP contribution is 2.25. The van der Waals surface area contributed by atoms with Crippen molar-refractivity contribution < 1.29 is 8.42 Å². The first-order valence-corrected chi connectivity index (χ1v) is 7.60. The number of halogens is 1. The molecule has 0 aliphatic carbocycles. The Hall–Kier alpha value is -0.650. The molecule has 0 aliphatic heterocycles. The fourth-order valence-corrected chi connectivity index (χ4v) is 2.74. The molecule has 1 rings (SSSR count). The first-order valence-electron chi connectivity index (χ1n) is 5.74. The van der Waals surface area contributed by atoms with E-state index >= 15 is 0 Å². The van der Waals surface area contributed by atoms with Crippen molar-refractivity contribution in [2.75, 3.05) is 6.54 Å². The second-order valence-electron chi connectivity index (χ2n) is 5.43. The molecule has 18 heavy (non-hydrogen) atoms. The molecule has 1 atom stereocenters. The number of nitrogens with one attached hydrogen (secondary N) is 1. The van der Waals surface area contributed by atoms with Crippen LogP contribution in [0, 0.1) is 11.3 Å². The van der Waals surface area contributed by atoms with Crippen LogP contribution in [0.4, 0.5) is 0 Å². The molecule has 0 saturated heterocycles. The number of nitrogens with zero attached hydrogens (tertiary/aromatic N) is 1. The highest BCUT2D eigenvalue weighted by Gasteiger charge is 2.24. The van der Waals surface area contributed by atoms with Gasteiger partial charge in [0, 0.05) is 18.9 Å². The van der Waals surface area contributed by atoms with E-state index in [2.05, 4.69) is 30.5 Å². The number of rotatable bonds is 4. The second kappa shape index (κ2) is 5.55. The van der Waals surface area contributed by atoms with Crippen LogP contribution in [-0.4, -0.2) is 19.9 Å². The summed E-state index contributed by atoms with van der Waals surface area (Å²) in [5, 5.41) is 0.181. The van der Waals surface area contributed by atoms with Crippen molar-refractivity contribution in [1.29, 1.82) is 0 Å². The minimum absolute atomic E-state index is 0.0211. The Morgan fingerprint density at radius 1 is 1.44 bits per heavy atom. The third-order valence-corrected chi connectivity index (χ3v) is 4.97. The van der Waals surface area contributed by atoms with Crippen molar-refractivity contribution in [3.63, 3.8) is 0 Å². The quantitative estimate of drug-likeness (QED) is 0.927. The average molecular weight is 291 g/mol. The number of aromatic nitrogens is 1. The van der Waals surface area contributed by atoms with Crippen LogP contribution in [-0.2, 0) is 10.0 Å². The van der Waals surface area contributed by atoms with Crippen molar-refractivity contribution in [2.24, 2.45) is 11.3 Å². The first-order chi connectivity index (χ1) is 8.14. The highest BCUT2D eigenvalue weighted by molar-refractivity contribution is 7.89. The second-order valence-corrected chi connectivity index (χ2v) is 7.57. The van der Waals surface area contributed by atoms with E-state index in [1.54, 1.807) is 0 Å². The maximum absolute atomic E-state index is 12.0. The first kappa shape index (κ1) is 15.4. The fraction of sp³-hybridized carbons (Fsp3) is 0.583. The Morgan fingerprint density at radius 3 is 2.56 bits per heavy atom. The lowest BCUT2D eigenvalue weighted by molar-refractivity contribution is 0.263. The van der Waals surface area contributed by atoms with Crippen LogP contribution in [0.2, 0.25) is 5.02 Å². The third kappa shape index (κ3) is 3.93. The number of pyridine rings is 1. The normalized spacial score (nSPS) is 14.5. The minimum Gasteiger partial charge on any atom is -0.263 e. The van der Waals surface area contributed by atoms with Gasteiger partial charge in [0.1, 0.15) is 4.90 Å². The van der Waals surface area contributed by atoms with E-state index in [1.165, 1.54) is 18.5 Å². The van der Waals surface area contributed by atoms with Crippen molar-refractivity contribution >= 4 is 21.6 Å². The summed E-state index contributed by atoms with van der Waals surface area (Å²) in [6, 6.07) is 1.46. The highest BCUT2D eigenvalue weighted by atomic mass is 35.5. The Morgan fingerprint density at radius 2 is 2.06 bits per heavy atom. The summed E-state index contributed by atoms with van der Waals surface area (Å²) in [7, 11) is -3.59. The number of sulfonamides is 1. The summed E-state index contributed by atoms with van der Waals surface area (Å²) in [6.07, 6.45) is 2.71. The van der Waals surface area contributed by atoms with Gasteiger partial charge in [-0.15, -0.1) is 0 Å².